The zero-order chi connectivity index (χ0) is 16.4. The van der Waals surface area contributed by atoms with Gasteiger partial charge in [0, 0.05) is 0 Å². The molecule has 2 fully saturated rings. The van der Waals surface area contributed by atoms with Gasteiger partial charge >= 0.3 is 6.36 Å². The van der Waals surface area contributed by atoms with Gasteiger partial charge in [-0.15, -0.1) is 19.8 Å². The first-order valence-electron chi connectivity index (χ1n) is 8.43. The largest absolute Gasteiger partial charge is 0.573 e. The van der Waals surface area contributed by atoms with Gasteiger partial charge in [0.05, 0.1) is 0 Å². The summed E-state index contributed by atoms with van der Waals surface area (Å²) in [6.45, 7) is 3.93. The molecule has 4 heteroatoms. The summed E-state index contributed by atoms with van der Waals surface area (Å²) in [5, 5.41) is 0. The summed E-state index contributed by atoms with van der Waals surface area (Å²) in [4.78, 5) is 0. The van der Waals surface area contributed by atoms with Crippen molar-refractivity contribution in [3.63, 3.8) is 0 Å². The number of rotatable bonds is 3. The minimum absolute atomic E-state index is 0.138. The lowest BCUT2D eigenvalue weighted by Gasteiger charge is -2.41. The Morgan fingerprint density at radius 3 is 2.26 bits per heavy atom. The molecule has 0 N–H and O–H groups in total. The molecule has 0 spiro atoms. The van der Waals surface area contributed by atoms with Gasteiger partial charge in [-0.1, -0.05) is 18.2 Å². The SMILES string of the molecule is C=CC1CCC2CC(c3ccc(OC(F)(F)F)cc3)CCC2C1. The van der Waals surface area contributed by atoms with Gasteiger partial charge in [0.15, 0.2) is 0 Å². The fraction of sp³-hybridized carbons (Fsp3) is 0.579. The molecule has 2 saturated carbocycles. The summed E-state index contributed by atoms with van der Waals surface area (Å²) < 4.78 is 40.6. The fourth-order valence-corrected chi connectivity index (χ4v) is 4.38. The Bertz CT molecular complexity index is 535. The molecular weight excluding hydrogens is 301 g/mol. The first kappa shape index (κ1) is 16.4. The zero-order valence-corrected chi connectivity index (χ0v) is 13.2. The molecule has 126 valence electrons. The highest BCUT2D eigenvalue weighted by Gasteiger charge is 2.35. The summed E-state index contributed by atoms with van der Waals surface area (Å²) >= 11 is 0. The van der Waals surface area contributed by atoms with Crippen LogP contribution in [0.2, 0.25) is 0 Å². The summed E-state index contributed by atoms with van der Waals surface area (Å²) in [6, 6.07) is 6.45. The monoisotopic (exact) mass is 324 g/mol. The molecule has 3 rings (SSSR count). The normalized spacial score (nSPS) is 31.3. The van der Waals surface area contributed by atoms with Crippen molar-refractivity contribution >= 4 is 0 Å². The maximum absolute atomic E-state index is 12.2. The number of fused-ring (bicyclic) bond motifs is 1. The molecule has 2 aliphatic carbocycles. The molecule has 0 aliphatic heterocycles. The maximum Gasteiger partial charge on any atom is 0.573 e. The van der Waals surface area contributed by atoms with Gasteiger partial charge < -0.3 is 4.74 Å². The quantitative estimate of drug-likeness (QED) is 0.613. The van der Waals surface area contributed by atoms with E-state index in [1.54, 1.807) is 12.1 Å². The first-order chi connectivity index (χ1) is 10.9. The number of benzene rings is 1. The van der Waals surface area contributed by atoms with E-state index in [9.17, 15) is 13.2 Å². The van der Waals surface area contributed by atoms with Crippen LogP contribution in [0, 0.1) is 17.8 Å². The molecule has 4 atom stereocenters. The second kappa shape index (κ2) is 6.58. The number of hydrogen-bond acceptors (Lipinski definition) is 1. The Labute approximate surface area is 135 Å². The van der Waals surface area contributed by atoms with E-state index in [1.807, 2.05) is 0 Å². The van der Waals surface area contributed by atoms with Gasteiger partial charge in [-0.05, 0) is 79.9 Å². The second-order valence-corrected chi connectivity index (χ2v) is 6.96. The predicted molar refractivity (Wildman–Crippen MR) is 84.2 cm³/mol. The van der Waals surface area contributed by atoms with E-state index < -0.39 is 6.36 Å². The van der Waals surface area contributed by atoms with Crippen molar-refractivity contribution in [2.75, 3.05) is 0 Å². The van der Waals surface area contributed by atoms with E-state index in [1.165, 1.54) is 37.8 Å². The highest BCUT2D eigenvalue weighted by Crippen LogP contribution is 2.47. The van der Waals surface area contributed by atoms with E-state index in [0.29, 0.717) is 11.8 Å². The van der Waals surface area contributed by atoms with E-state index in [-0.39, 0.29) is 5.75 Å². The highest BCUT2D eigenvalue weighted by molar-refractivity contribution is 5.30. The van der Waals surface area contributed by atoms with Crippen LogP contribution in [0.5, 0.6) is 5.75 Å². The minimum Gasteiger partial charge on any atom is -0.406 e. The van der Waals surface area contributed by atoms with Crippen LogP contribution in [0.3, 0.4) is 0 Å². The molecule has 1 aromatic rings. The van der Waals surface area contributed by atoms with Gasteiger partial charge in [0.25, 0.3) is 0 Å². The van der Waals surface area contributed by atoms with Crippen LogP contribution in [0.15, 0.2) is 36.9 Å². The fourth-order valence-electron chi connectivity index (χ4n) is 4.38. The average Bonchev–Trinajstić information content (AvgIpc) is 2.53. The molecule has 1 aromatic carbocycles. The van der Waals surface area contributed by atoms with Crippen molar-refractivity contribution in [2.45, 2.75) is 50.8 Å². The zero-order valence-electron chi connectivity index (χ0n) is 13.2. The Morgan fingerprint density at radius 1 is 0.957 bits per heavy atom. The number of hydrogen-bond donors (Lipinski definition) is 0. The molecule has 23 heavy (non-hydrogen) atoms. The molecule has 1 nitrogen and oxygen atoms in total. The van der Waals surface area contributed by atoms with Crippen LogP contribution in [-0.4, -0.2) is 6.36 Å². The average molecular weight is 324 g/mol. The van der Waals surface area contributed by atoms with E-state index in [4.69, 9.17) is 0 Å². The lowest BCUT2D eigenvalue weighted by atomic mass is 9.64. The maximum atomic E-state index is 12.2. The molecule has 0 amide bonds. The van der Waals surface area contributed by atoms with Gasteiger partial charge in [-0.3, -0.25) is 0 Å². The molecule has 2 aliphatic rings. The van der Waals surface area contributed by atoms with Gasteiger partial charge in [0.2, 0.25) is 0 Å². The van der Waals surface area contributed by atoms with Crippen LogP contribution in [-0.2, 0) is 0 Å². The Morgan fingerprint density at radius 2 is 1.61 bits per heavy atom. The smallest absolute Gasteiger partial charge is 0.406 e. The lowest BCUT2D eigenvalue weighted by molar-refractivity contribution is -0.274. The molecular formula is C19H23F3O. The van der Waals surface area contributed by atoms with Gasteiger partial charge in [-0.2, -0.15) is 0 Å². The van der Waals surface area contributed by atoms with Crippen molar-refractivity contribution in [3.8, 4) is 5.75 Å². The van der Waals surface area contributed by atoms with Crippen molar-refractivity contribution in [2.24, 2.45) is 17.8 Å². The number of ether oxygens (including phenoxy) is 1. The predicted octanol–water partition coefficient (Wildman–Crippen LogP) is 6.07. The Balaban J connectivity index is 1.61. The molecule has 0 heterocycles. The van der Waals surface area contributed by atoms with Crippen molar-refractivity contribution in [3.05, 3.63) is 42.5 Å². The topological polar surface area (TPSA) is 9.23 Å². The van der Waals surface area contributed by atoms with Gasteiger partial charge in [0.1, 0.15) is 5.75 Å². The van der Waals surface area contributed by atoms with Crippen LogP contribution in [0.25, 0.3) is 0 Å². The second-order valence-electron chi connectivity index (χ2n) is 6.96. The van der Waals surface area contributed by atoms with E-state index in [2.05, 4.69) is 17.4 Å². The van der Waals surface area contributed by atoms with Crippen LogP contribution in [0.1, 0.15) is 50.0 Å². The van der Waals surface area contributed by atoms with Gasteiger partial charge in [-0.25, -0.2) is 0 Å². The number of allylic oxidation sites excluding steroid dienone is 1. The highest BCUT2D eigenvalue weighted by atomic mass is 19.4. The van der Waals surface area contributed by atoms with Crippen molar-refractivity contribution in [1.82, 2.24) is 0 Å². The van der Waals surface area contributed by atoms with Crippen LogP contribution < -0.4 is 4.74 Å². The molecule has 0 radical (unpaired) electrons. The summed E-state index contributed by atoms with van der Waals surface area (Å²) in [5.41, 5.74) is 1.14. The summed E-state index contributed by atoms with van der Waals surface area (Å²) in [6.07, 6.45) is 4.74. The lowest BCUT2D eigenvalue weighted by Crippen LogP contribution is -2.29. The standard InChI is InChI=1S/C19H23F3O/c1-2-13-3-4-17-12-16(6-5-15(17)11-13)14-7-9-18(10-8-14)23-19(20,21)22/h2,7-10,13,15-17H,1,3-6,11-12H2. The third-order valence-corrected chi connectivity index (χ3v) is 5.57. The van der Waals surface area contributed by atoms with Crippen molar-refractivity contribution in [1.29, 1.82) is 0 Å². The molecule has 0 aromatic heterocycles. The molecule has 0 bridgehead atoms. The minimum atomic E-state index is -4.62. The summed E-state index contributed by atoms with van der Waals surface area (Å²) in [7, 11) is 0. The summed E-state index contributed by atoms with van der Waals surface area (Å²) in [5.74, 6) is 2.57. The van der Waals surface area contributed by atoms with Crippen LogP contribution >= 0.6 is 0 Å². The third kappa shape index (κ3) is 4.10. The first-order valence-corrected chi connectivity index (χ1v) is 8.43. The number of halogens is 3. The Kier molecular flexibility index (Phi) is 4.69. The molecule has 4 unspecified atom stereocenters. The van der Waals surface area contributed by atoms with E-state index >= 15 is 0 Å². The van der Waals surface area contributed by atoms with Crippen LogP contribution in [0.4, 0.5) is 13.2 Å². The van der Waals surface area contributed by atoms with E-state index in [0.717, 1.165) is 30.2 Å². The number of alkyl halides is 3. The third-order valence-electron chi connectivity index (χ3n) is 5.57. The van der Waals surface area contributed by atoms with Crippen molar-refractivity contribution < 1.29 is 17.9 Å². The molecule has 0 saturated heterocycles. The Hall–Kier alpha value is -1.45.